The van der Waals surface area contributed by atoms with Crippen LogP contribution in [0, 0.1) is 0 Å². The fourth-order valence-corrected chi connectivity index (χ4v) is 2.87. The summed E-state index contributed by atoms with van der Waals surface area (Å²) in [6.07, 6.45) is 2.66. The van der Waals surface area contributed by atoms with E-state index >= 15 is 0 Å². The molecule has 0 spiro atoms. The van der Waals surface area contributed by atoms with Crippen LogP contribution in [0.3, 0.4) is 0 Å². The summed E-state index contributed by atoms with van der Waals surface area (Å²) in [6, 6.07) is 3.99. The third kappa shape index (κ3) is 4.11. The lowest BCUT2D eigenvalue weighted by Gasteiger charge is -2.16. The first-order valence-electron chi connectivity index (χ1n) is 7.06. The molecular weight excluding hydrogens is 322 g/mol. The summed E-state index contributed by atoms with van der Waals surface area (Å²) in [7, 11) is 1.66. The average Bonchev–Trinajstić information content (AvgIpc) is 2.94. The van der Waals surface area contributed by atoms with E-state index in [2.05, 4.69) is 27.3 Å². The first-order valence-corrected chi connectivity index (χ1v) is 7.85. The monoisotopic (exact) mass is 343 g/mol. The van der Waals surface area contributed by atoms with Gasteiger partial charge in [-0.15, -0.1) is 0 Å². The van der Waals surface area contributed by atoms with Gasteiger partial charge in [0.2, 0.25) is 0 Å². The maximum atomic E-state index is 5.72. The van der Waals surface area contributed by atoms with Crippen LogP contribution in [0.5, 0.6) is 11.5 Å². The van der Waals surface area contributed by atoms with Crippen molar-refractivity contribution in [2.75, 3.05) is 26.9 Å². The number of halogens is 1. The highest BCUT2D eigenvalue weighted by Crippen LogP contribution is 2.34. The fourth-order valence-electron chi connectivity index (χ4n) is 2.39. The van der Waals surface area contributed by atoms with Crippen molar-refractivity contribution in [3.05, 3.63) is 22.2 Å². The molecule has 20 heavy (non-hydrogen) atoms. The summed E-state index contributed by atoms with van der Waals surface area (Å²) in [6.45, 7) is 5.11. The van der Waals surface area contributed by atoms with E-state index < -0.39 is 0 Å². The minimum atomic E-state index is 0.347. The van der Waals surface area contributed by atoms with Crippen molar-refractivity contribution in [1.82, 2.24) is 5.32 Å². The highest BCUT2D eigenvalue weighted by molar-refractivity contribution is 9.10. The van der Waals surface area contributed by atoms with Gasteiger partial charge < -0.3 is 19.5 Å². The fraction of sp³-hybridized carbons (Fsp3) is 0.600. The van der Waals surface area contributed by atoms with Crippen LogP contribution in [0.1, 0.15) is 25.3 Å². The summed E-state index contributed by atoms with van der Waals surface area (Å²) < 4.78 is 17.7. The van der Waals surface area contributed by atoms with Gasteiger partial charge in [0, 0.05) is 29.7 Å². The Bertz CT molecular complexity index is 433. The number of methoxy groups -OCH3 is 1. The zero-order valence-corrected chi connectivity index (χ0v) is 13.7. The van der Waals surface area contributed by atoms with Crippen molar-refractivity contribution in [2.45, 2.75) is 32.4 Å². The molecule has 0 saturated carbocycles. The van der Waals surface area contributed by atoms with E-state index in [1.807, 2.05) is 13.0 Å². The van der Waals surface area contributed by atoms with Crippen LogP contribution < -0.4 is 14.8 Å². The lowest BCUT2D eigenvalue weighted by molar-refractivity contribution is 0.110. The molecule has 0 radical (unpaired) electrons. The van der Waals surface area contributed by atoms with Crippen molar-refractivity contribution in [3.63, 3.8) is 0 Å². The highest BCUT2D eigenvalue weighted by Gasteiger charge is 2.16. The van der Waals surface area contributed by atoms with E-state index in [1.54, 1.807) is 7.11 Å². The number of rotatable bonds is 7. The molecule has 1 aliphatic heterocycles. The molecule has 1 saturated heterocycles. The Morgan fingerprint density at radius 3 is 2.95 bits per heavy atom. The summed E-state index contributed by atoms with van der Waals surface area (Å²) in [4.78, 5) is 0. The smallest absolute Gasteiger partial charge is 0.165 e. The second kappa shape index (κ2) is 7.86. The Morgan fingerprint density at radius 1 is 1.45 bits per heavy atom. The topological polar surface area (TPSA) is 39.7 Å². The molecule has 0 aromatic heterocycles. The molecule has 0 aliphatic carbocycles. The van der Waals surface area contributed by atoms with Gasteiger partial charge in [-0.25, -0.2) is 0 Å². The molecule has 0 amide bonds. The predicted octanol–water partition coefficient (Wildman–Crippen LogP) is 3.13. The van der Waals surface area contributed by atoms with E-state index in [1.165, 1.54) is 6.42 Å². The standard InChI is InChI=1S/C15H22BrNO3/c1-3-19-15-11(7-12(16)8-14(15)18-2)9-17-10-13-5-4-6-20-13/h7-8,13,17H,3-6,9-10H2,1-2H3. The van der Waals surface area contributed by atoms with Crippen LogP contribution >= 0.6 is 15.9 Å². The van der Waals surface area contributed by atoms with Gasteiger partial charge in [-0.2, -0.15) is 0 Å². The zero-order chi connectivity index (χ0) is 14.4. The number of ether oxygens (including phenoxy) is 3. The Hall–Kier alpha value is -0.780. The van der Waals surface area contributed by atoms with Gasteiger partial charge in [-0.3, -0.25) is 0 Å². The highest BCUT2D eigenvalue weighted by atomic mass is 79.9. The van der Waals surface area contributed by atoms with E-state index in [-0.39, 0.29) is 0 Å². The Labute approximate surface area is 128 Å². The first kappa shape index (κ1) is 15.6. The van der Waals surface area contributed by atoms with Crippen molar-refractivity contribution in [3.8, 4) is 11.5 Å². The molecule has 2 rings (SSSR count). The van der Waals surface area contributed by atoms with Crippen LogP contribution in [-0.4, -0.2) is 33.0 Å². The van der Waals surface area contributed by atoms with E-state index in [0.29, 0.717) is 12.7 Å². The summed E-state index contributed by atoms with van der Waals surface area (Å²) in [5, 5.41) is 3.44. The number of hydrogen-bond acceptors (Lipinski definition) is 4. The Balaban J connectivity index is 2.02. The van der Waals surface area contributed by atoms with Gasteiger partial charge in [-0.05, 0) is 31.9 Å². The molecule has 1 fully saturated rings. The first-order chi connectivity index (χ1) is 9.74. The van der Waals surface area contributed by atoms with Crippen LogP contribution in [0.15, 0.2) is 16.6 Å². The predicted molar refractivity (Wildman–Crippen MR) is 82.5 cm³/mol. The normalized spacial score (nSPS) is 18.2. The Morgan fingerprint density at radius 2 is 2.30 bits per heavy atom. The molecule has 1 aliphatic rings. The van der Waals surface area contributed by atoms with Crippen molar-refractivity contribution < 1.29 is 14.2 Å². The molecule has 5 heteroatoms. The quantitative estimate of drug-likeness (QED) is 0.825. The SMILES string of the molecule is CCOc1c(CNCC2CCCO2)cc(Br)cc1OC. The molecule has 1 N–H and O–H groups in total. The molecule has 1 aromatic carbocycles. The van der Waals surface area contributed by atoms with Gasteiger partial charge in [0.05, 0.1) is 19.8 Å². The summed E-state index contributed by atoms with van der Waals surface area (Å²) in [5.74, 6) is 1.58. The maximum Gasteiger partial charge on any atom is 0.165 e. The van der Waals surface area contributed by atoms with Crippen LogP contribution in [-0.2, 0) is 11.3 Å². The minimum Gasteiger partial charge on any atom is -0.493 e. The van der Waals surface area contributed by atoms with Crippen molar-refractivity contribution in [1.29, 1.82) is 0 Å². The third-order valence-electron chi connectivity index (χ3n) is 3.32. The van der Waals surface area contributed by atoms with Crippen LogP contribution in [0.4, 0.5) is 0 Å². The molecule has 1 aromatic rings. The van der Waals surface area contributed by atoms with E-state index in [0.717, 1.165) is 47.7 Å². The lowest BCUT2D eigenvalue weighted by atomic mass is 10.1. The largest absolute Gasteiger partial charge is 0.493 e. The van der Waals surface area contributed by atoms with Gasteiger partial charge in [-0.1, -0.05) is 15.9 Å². The van der Waals surface area contributed by atoms with Crippen LogP contribution in [0.25, 0.3) is 0 Å². The van der Waals surface area contributed by atoms with Crippen molar-refractivity contribution >= 4 is 15.9 Å². The average molecular weight is 344 g/mol. The lowest BCUT2D eigenvalue weighted by Crippen LogP contribution is -2.26. The third-order valence-corrected chi connectivity index (χ3v) is 3.77. The zero-order valence-electron chi connectivity index (χ0n) is 12.1. The number of nitrogens with one attached hydrogen (secondary N) is 1. The summed E-state index contributed by atoms with van der Waals surface area (Å²) in [5.41, 5.74) is 1.09. The molecule has 112 valence electrons. The van der Waals surface area contributed by atoms with Crippen LogP contribution in [0.2, 0.25) is 0 Å². The molecule has 1 atom stereocenters. The second-order valence-electron chi connectivity index (χ2n) is 4.80. The minimum absolute atomic E-state index is 0.347. The van der Waals surface area contributed by atoms with E-state index in [9.17, 15) is 0 Å². The van der Waals surface area contributed by atoms with Gasteiger partial charge >= 0.3 is 0 Å². The molecule has 0 bridgehead atoms. The molecule has 1 unspecified atom stereocenters. The van der Waals surface area contributed by atoms with Gasteiger partial charge in [0.25, 0.3) is 0 Å². The Kier molecular flexibility index (Phi) is 6.13. The van der Waals surface area contributed by atoms with Gasteiger partial charge in [0.1, 0.15) is 0 Å². The van der Waals surface area contributed by atoms with E-state index in [4.69, 9.17) is 14.2 Å². The molecular formula is C15H22BrNO3. The number of benzene rings is 1. The van der Waals surface area contributed by atoms with Gasteiger partial charge in [0.15, 0.2) is 11.5 Å². The second-order valence-corrected chi connectivity index (χ2v) is 5.71. The summed E-state index contributed by atoms with van der Waals surface area (Å²) >= 11 is 3.51. The number of hydrogen-bond donors (Lipinski definition) is 1. The van der Waals surface area contributed by atoms with Crippen molar-refractivity contribution in [2.24, 2.45) is 0 Å². The maximum absolute atomic E-state index is 5.72. The molecule has 1 heterocycles. The molecule has 4 nitrogen and oxygen atoms in total.